The molecule has 3 rings (SSSR count). The molecule has 0 aliphatic carbocycles. The van der Waals surface area contributed by atoms with E-state index in [-0.39, 0.29) is 5.91 Å². The first-order valence-corrected chi connectivity index (χ1v) is 7.78. The van der Waals surface area contributed by atoms with Gasteiger partial charge in [-0.3, -0.25) is 4.79 Å². The van der Waals surface area contributed by atoms with E-state index in [0.717, 1.165) is 17.0 Å². The van der Waals surface area contributed by atoms with Crippen molar-refractivity contribution in [2.75, 3.05) is 5.32 Å². The van der Waals surface area contributed by atoms with Crippen LogP contribution < -0.4 is 5.32 Å². The first kappa shape index (κ1) is 16.2. The second-order valence-corrected chi connectivity index (χ2v) is 5.79. The number of halogens is 1. The molecule has 0 aliphatic rings. The highest BCUT2D eigenvalue weighted by Crippen LogP contribution is 2.24. The summed E-state index contributed by atoms with van der Waals surface area (Å²) in [6.07, 6.45) is 3.86. The number of hydrogen-bond acceptors (Lipinski definition) is 5. The number of nitrogens with zero attached hydrogens (tertiary/aromatic N) is 4. The number of aromatic nitrogens is 4. The number of hydrogen-bond donors (Lipinski definition) is 1. The molecule has 2 aromatic heterocycles. The second-order valence-electron chi connectivity index (χ2n) is 5.35. The molecule has 2 heterocycles. The SMILES string of the molecule is Cc1noc(C)c1CCC(=O)Nc1cc(Cl)ccc1-n1cncn1. The molecular weight excluding hydrogens is 330 g/mol. The maximum atomic E-state index is 12.3. The Hall–Kier alpha value is -2.67. The van der Waals surface area contributed by atoms with Crippen molar-refractivity contribution in [3.63, 3.8) is 0 Å². The summed E-state index contributed by atoms with van der Waals surface area (Å²) >= 11 is 6.04. The van der Waals surface area contributed by atoms with Gasteiger partial charge in [-0.25, -0.2) is 9.67 Å². The highest BCUT2D eigenvalue weighted by Gasteiger charge is 2.13. The molecule has 0 spiro atoms. The van der Waals surface area contributed by atoms with Gasteiger partial charge in [0.1, 0.15) is 18.4 Å². The van der Waals surface area contributed by atoms with E-state index in [1.807, 2.05) is 13.8 Å². The summed E-state index contributed by atoms with van der Waals surface area (Å²) in [4.78, 5) is 16.2. The lowest BCUT2D eigenvalue weighted by atomic mass is 10.1. The zero-order chi connectivity index (χ0) is 17.1. The van der Waals surface area contributed by atoms with E-state index in [9.17, 15) is 4.79 Å². The molecule has 0 saturated carbocycles. The molecule has 0 radical (unpaired) electrons. The molecule has 1 aromatic carbocycles. The van der Waals surface area contributed by atoms with Gasteiger partial charge in [-0.1, -0.05) is 16.8 Å². The highest BCUT2D eigenvalue weighted by atomic mass is 35.5. The third-order valence-electron chi connectivity index (χ3n) is 3.68. The predicted molar refractivity (Wildman–Crippen MR) is 89.3 cm³/mol. The summed E-state index contributed by atoms with van der Waals surface area (Å²) in [6.45, 7) is 3.70. The van der Waals surface area contributed by atoms with Crippen LogP contribution in [0.2, 0.25) is 5.02 Å². The number of carbonyl (C=O) groups is 1. The summed E-state index contributed by atoms with van der Waals surface area (Å²) in [5, 5.41) is 11.4. The summed E-state index contributed by atoms with van der Waals surface area (Å²) in [6, 6.07) is 5.20. The van der Waals surface area contributed by atoms with Crippen molar-refractivity contribution in [2.24, 2.45) is 0 Å². The summed E-state index contributed by atoms with van der Waals surface area (Å²) in [5.74, 6) is 0.616. The Morgan fingerprint density at radius 1 is 1.38 bits per heavy atom. The number of rotatable bonds is 5. The monoisotopic (exact) mass is 345 g/mol. The van der Waals surface area contributed by atoms with Crippen LogP contribution in [-0.4, -0.2) is 25.8 Å². The second kappa shape index (κ2) is 6.84. The average Bonchev–Trinajstić information content (AvgIpc) is 3.17. The standard InChI is InChI=1S/C16H16ClN5O2/c1-10-13(11(2)24-21-10)4-6-16(23)20-14-7-12(17)3-5-15(14)22-9-18-8-19-22/h3,5,7-9H,4,6H2,1-2H3,(H,20,23). The van der Waals surface area contributed by atoms with Gasteiger partial charge in [0.15, 0.2) is 0 Å². The molecular formula is C16H16ClN5O2. The zero-order valence-corrected chi connectivity index (χ0v) is 14.0. The molecule has 0 saturated heterocycles. The molecule has 0 unspecified atom stereocenters. The Kier molecular flexibility index (Phi) is 4.61. The highest BCUT2D eigenvalue weighted by molar-refractivity contribution is 6.31. The maximum absolute atomic E-state index is 12.3. The predicted octanol–water partition coefficient (Wildman–Crippen LogP) is 3.10. The van der Waals surface area contributed by atoms with Crippen molar-refractivity contribution in [3.8, 4) is 5.69 Å². The topological polar surface area (TPSA) is 85.8 Å². The number of amides is 1. The van der Waals surface area contributed by atoms with E-state index in [2.05, 4.69) is 20.6 Å². The van der Waals surface area contributed by atoms with E-state index in [4.69, 9.17) is 16.1 Å². The number of anilines is 1. The van der Waals surface area contributed by atoms with Crippen LogP contribution >= 0.6 is 11.6 Å². The fraction of sp³-hybridized carbons (Fsp3) is 0.250. The molecule has 24 heavy (non-hydrogen) atoms. The first-order chi connectivity index (χ1) is 11.5. The van der Waals surface area contributed by atoms with Crippen molar-refractivity contribution >= 4 is 23.2 Å². The van der Waals surface area contributed by atoms with Crippen molar-refractivity contribution in [2.45, 2.75) is 26.7 Å². The summed E-state index contributed by atoms with van der Waals surface area (Å²) < 4.78 is 6.68. The van der Waals surface area contributed by atoms with Gasteiger partial charge >= 0.3 is 0 Å². The number of aryl methyl sites for hydroxylation is 2. The normalized spacial score (nSPS) is 10.8. The van der Waals surface area contributed by atoms with Crippen LogP contribution in [0.25, 0.3) is 5.69 Å². The lowest BCUT2D eigenvalue weighted by molar-refractivity contribution is -0.116. The molecule has 0 aliphatic heterocycles. The molecule has 0 atom stereocenters. The Morgan fingerprint density at radius 3 is 2.88 bits per heavy atom. The van der Waals surface area contributed by atoms with Gasteiger partial charge in [-0.2, -0.15) is 5.10 Å². The summed E-state index contributed by atoms with van der Waals surface area (Å²) in [5.41, 5.74) is 3.05. The smallest absolute Gasteiger partial charge is 0.224 e. The molecule has 0 fully saturated rings. The van der Waals surface area contributed by atoms with Crippen LogP contribution in [0.5, 0.6) is 0 Å². The van der Waals surface area contributed by atoms with Crippen molar-refractivity contribution in [1.29, 1.82) is 0 Å². The first-order valence-electron chi connectivity index (χ1n) is 7.40. The van der Waals surface area contributed by atoms with Gasteiger partial charge in [0, 0.05) is 17.0 Å². The van der Waals surface area contributed by atoms with Crippen LogP contribution in [0.3, 0.4) is 0 Å². The van der Waals surface area contributed by atoms with Crippen LogP contribution in [0, 0.1) is 13.8 Å². The molecule has 8 heteroatoms. The third kappa shape index (κ3) is 3.46. The van der Waals surface area contributed by atoms with Crippen LogP contribution in [0.1, 0.15) is 23.4 Å². The van der Waals surface area contributed by atoms with Crippen molar-refractivity contribution in [1.82, 2.24) is 19.9 Å². The molecule has 7 nitrogen and oxygen atoms in total. The minimum absolute atomic E-state index is 0.126. The Balaban J connectivity index is 1.74. The van der Waals surface area contributed by atoms with E-state index in [0.29, 0.717) is 29.2 Å². The van der Waals surface area contributed by atoms with Gasteiger partial charge in [0.05, 0.1) is 17.1 Å². The van der Waals surface area contributed by atoms with E-state index < -0.39 is 0 Å². The van der Waals surface area contributed by atoms with Crippen molar-refractivity contribution in [3.05, 3.63) is 52.9 Å². The zero-order valence-electron chi connectivity index (χ0n) is 13.3. The fourth-order valence-electron chi connectivity index (χ4n) is 2.45. The minimum atomic E-state index is -0.126. The Morgan fingerprint density at radius 2 is 2.21 bits per heavy atom. The van der Waals surface area contributed by atoms with Gasteiger partial charge in [-0.15, -0.1) is 0 Å². The number of benzene rings is 1. The van der Waals surface area contributed by atoms with E-state index in [1.54, 1.807) is 29.2 Å². The largest absolute Gasteiger partial charge is 0.361 e. The van der Waals surface area contributed by atoms with Gasteiger partial charge in [0.2, 0.25) is 5.91 Å². The lowest BCUT2D eigenvalue weighted by Gasteiger charge is -2.11. The lowest BCUT2D eigenvalue weighted by Crippen LogP contribution is -2.14. The van der Waals surface area contributed by atoms with Crippen LogP contribution in [0.4, 0.5) is 5.69 Å². The van der Waals surface area contributed by atoms with E-state index in [1.165, 1.54) is 6.33 Å². The molecule has 1 amide bonds. The Bertz CT molecular complexity index is 838. The summed E-state index contributed by atoms with van der Waals surface area (Å²) in [7, 11) is 0. The quantitative estimate of drug-likeness (QED) is 0.767. The molecule has 3 aromatic rings. The number of carbonyl (C=O) groups excluding carboxylic acids is 1. The third-order valence-corrected chi connectivity index (χ3v) is 3.92. The Labute approximate surface area is 143 Å². The molecule has 0 bridgehead atoms. The van der Waals surface area contributed by atoms with Crippen LogP contribution in [-0.2, 0) is 11.2 Å². The number of nitrogens with one attached hydrogen (secondary N) is 1. The van der Waals surface area contributed by atoms with Gasteiger partial charge < -0.3 is 9.84 Å². The molecule has 1 N–H and O–H groups in total. The van der Waals surface area contributed by atoms with Gasteiger partial charge in [0.25, 0.3) is 0 Å². The fourth-order valence-corrected chi connectivity index (χ4v) is 2.62. The maximum Gasteiger partial charge on any atom is 0.224 e. The van der Waals surface area contributed by atoms with Gasteiger partial charge in [-0.05, 0) is 38.5 Å². The van der Waals surface area contributed by atoms with Crippen LogP contribution in [0.15, 0.2) is 35.4 Å². The van der Waals surface area contributed by atoms with Crippen molar-refractivity contribution < 1.29 is 9.32 Å². The van der Waals surface area contributed by atoms with E-state index >= 15 is 0 Å². The minimum Gasteiger partial charge on any atom is -0.361 e. The molecule has 124 valence electrons. The average molecular weight is 346 g/mol.